The molecule has 0 radical (unpaired) electrons. The topological polar surface area (TPSA) is 20.3 Å². The van der Waals surface area contributed by atoms with E-state index in [9.17, 15) is 13.6 Å². The average molecular weight is 207 g/mol. The molecule has 1 atom stereocenters. The summed E-state index contributed by atoms with van der Waals surface area (Å²) in [4.78, 5) is 12.9. The average Bonchev–Trinajstić information content (AvgIpc) is 1.99. The molecule has 0 bridgehead atoms. The summed E-state index contributed by atoms with van der Waals surface area (Å²) in [5.74, 6) is -1.69. The highest BCUT2D eigenvalue weighted by atomic mass is 19.3. The SMILES string of the molecule is CCN(C)C(=O)C(C(F)F)C(C)(C)C. The molecule has 1 unspecified atom stereocenters. The first-order valence-electron chi connectivity index (χ1n) is 4.75. The molecular formula is C10H19F2NO. The van der Waals surface area contributed by atoms with Crippen LogP contribution in [0.4, 0.5) is 8.78 Å². The van der Waals surface area contributed by atoms with Crippen molar-refractivity contribution in [3.05, 3.63) is 0 Å². The normalized spacial score (nSPS) is 14.3. The summed E-state index contributed by atoms with van der Waals surface area (Å²) in [5, 5.41) is 0. The van der Waals surface area contributed by atoms with Gasteiger partial charge in [0.05, 0.1) is 0 Å². The first-order chi connectivity index (χ1) is 6.21. The Labute approximate surface area is 84.3 Å². The van der Waals surface area contributed by atoms with Gasteiger partial charge in [0.2, 0.25) is 5.91 Å². The van der Waals surface area contributed by atoms with Gasteiger partial charge in [-0.05, 0) is 12.3 Å². The molecule has 0 spiro atoms. The fourth-order valence-electron chi connectivity index (χ4n) is 1.25. The molecule has 0 saturated carbocycles. The predicted octanol–water partition coefficient (Wildman–Crippen LogP) is 2.39. The summed E-state index contributed by atoms with van der Waals surface area (Å²) in [7, 11) is 1.55. The molecule has 0 N–H and O–H groups in total. The van der Waals surface area contributed by atoms with Crippen molar-refractivity contribution in [2.45, 2.75) is 34.1 Å². The Hall–Kier alpha value is -0.670. The zero-order valence-electron chi connectivity index (χ0n) is 9.47. The monoisotopic (exact) mass is 207 g/mol. The van der Waals surface area contributed by atoms with Gasteiger partial charge in [-0.25, -0.2) is 8.78 Å². The molecule has 84 valence electrons. The number of carbonyl (C=O) groups excluding carboxylic acids is 1. The maximum absolute atomic E-state index is 12.7. The molecule has 0 rings (SSSR count). The molecule has 14 heavy (non-hydrogen) atoms. The Balaban J connectivity index is 4.77. The number of rotatable bonds is 3. The van der Waals surface area contributed by atoms with E-state index in [0.29, 0.717) is 6.54 Å². The van der Waals surface area contributed by atoms with Gasteiger partial charge in [-0.3, -0.25) is 4.79 Å². The number of halogens is 2. The van der Waals surface area contributed by atoms with Gasteiger partial charge in [0, 0.05) is 13.6 Å². The van der Waals surface area contributed by atoms with Crippen molar-refractivity contribution in [3.63, 3.8) is 0 Å². The number of carbonyl (C=O) groups is 1. The molecule has 0 saturated heterocycles. The Morgan fingerprint density at radius 3 is 2.00 bits per heavy atom. The van der Waals surface area contributed by atoms with E-state index in [1.807, 2.05) is 0 Å². The van der Waals surface area contributed by atoms with Crippen LogP contribution in [0, 0.1) is 11.3 Å². The van der Waals surface area contributed by atoms with Crippen LogP contribution in [0.3, 0.4) is 0 Å². The summed E-state index contributed by atoms with van der Waals surface area (Å²) in [6, 6.07) is 0. The van der Waals surface area contributed by atoms with Crippen molar-refractivity contribution in [1.82, 2.24) is 4.90 Å². The third-order valence-corrected chi connectivity index (χ3v) is 2.30. The molecule has 4 heteroatoms. The maximum atomic E-state index is 12.7. The number of hydrogen-bond donors (Lipinski definition) is 0. The Morgan fingerprint density at radius 1 is 1.36 bits per heavy atom. The molecule has 0 aromatic rings. The van der Waals surface area contributed by atoms with Crippen molar-refractivity contribution in [2.75, 3.05) is 13.6 Å². The highest BCUT2D eigenvalue weighted by Crippen LogP contribution is 2.32. The molecule has 0 aliphatic rings. The van der Waals surface area contributed by atoms with E-state index in [-0.39, 0.29) is 0 Å². The highest BCUT2D eigenvalue weighted by molar-refractivity contribution is 5.79. The van der Waals surface area contributed by atoms with Crippen LogP contribution in [-0.4, -0.2) is 30.8 Å². The van der Waals surface area contributed by atoms with E-state index in [0.717, 1.165) is 0 Å². The van der Waals surface area contributed by atoms with Crippen molar-refractivity contribution in [2.24, 2.45) is 11.3 Å². The molecular weight excluding hydrogens is 188 g/mol. The molecule has 0 aliphatic carbocycles. The van der Waals surface area contributed by atoms with Crippen LogP contribution in [0.25, 0.3) is 0 Å². The van der Waals surface area contributed by atoms with Gasteiger partial charge in [0.15, 0.2) is 0 Å². The van der Waals surface area contributed by atoms with E-state index < -0.39 is 23.7 Å². The van der Waals surface area contributed by atoms with E-state index >= 15 is 0 Å². The van der Waals surface area contributed by atoms with Gasteiger partial charge in [-0.1, -0.05) is 20.8 Å². The summed E-state index contributed by atoms with van der Waals surface area (Å²) in [5.41, 5.74) is -0.700. The lowest BCUT2D eigenvalue weighted by Gasteiger charge is -2.31. The van der Waals surface area contributed by atoms with Crippen LogP contribution in [0.1, 0.15) is 27.7 Å². The second-order valence-corrected chi connectivity index (χ2v) is 4.53. The van der Waals surface area contributed by atoms with Crippen molar-refractivity contribution >= 4 is 5.91 Å². The van der Waals surface area contributed by atoms with Gasteiger partial charge < -0.3 is 4.90 Å². The predicted molar refractivity (Wildman–Crippen MR) is 52.3 cm³/mol. The van der Waals surface area contributed by atoms with Crippen LogP contribution in [-0.2, 0) is 4.79 Å². The highest BCUT2D eigenvalue weighted by Gasteiger charge is 2.39. The van der Waals surface area contributed by atoms with Crippen LogP contribution in [0.5, 0.6) is 0 Å². The smallest absolute Gasteiger partial charge is 0.250 e. The van der Waals surface area contributed by atoms with Gasteiger partial charge in [0.25, 0.3) is 6.43 Å². The number of alkyl halides is 2. The van der Waals surface area contributed by atoms with Crippen molar-refractivity contribution < 1.29 is 13.6 Å². The molecule has 1 amide bonds. The summed E-state index contributed by atoms with van der Waals surface area (Å²) in [6.07, 6.45) is -2.60. The van der Waals surface area contributed by atoms with Crippen molar-refractivity contribution in [1.29, 1.82) is 0 Å². The Kier molecular flexibility index (Phi) is 4.49. The molecule has 0 aromatic heterocycles. The van der Waals surface area contributed by atoms with Crippen molar-refractivity contribution in [3.8, 4) is 0 Å². The Morgan fingerprint density at radius 2 is 1.79 bits per heavy atom. The molecule has 0 aromatic carbocycles. The van der Waals surface area contributed by atoms with Gasteiger partial charge in [-0.2, -0.15) is 0 Å². The molecule has 0 heterocycles. The van der Waals surface area contributed by atoms with E-state index in [1.165, 1.54) is 4.90 Å². The minimum absolute atomic E-state index is 0.456. The van der Waals surface area contributed by atoms with Gasteiger partial charge in [0.1, 0.15) is 5.92 Å². The van der Waals surface area contributed by atoms with Gasteiger partial charge in [-0.15, -0.1) is 0 Å². The zero-order valence-corrected chi connectivity index (χ0v) is 9.47. The van der Waals surface area contributed by atoms with E-state index in [2.05, 4.69) is 0 Å². The van der Waals surface area contributed by atoms with Crippen LogP contribution >= 0.6 is 0 Å². The lowest BCUT2D eigenvalue weighted by molar-refractivity contribution is -0.144. The fourth-order valence-corrected chi connectivity index (χ4v) is 1.25. The largest absolute Gasteiger partial charge is 0.346 e. The summed E-state index contributed by atoms with van der Waals surface area (Å²) >= 11 is 0. The second kappa shape index (κ2) is 4.71. The number of amides is 1. The quantitative estimate of drug-likeness (QED) is 0.695. The number of hydrogen-bond acceptors (Lipinski definition) is 1. The third-order valence-electron chi connectivity index (χ3n) is 2.30. The number of nitrogens with zero attached hydrogens (tertiary/aromatic N) is 1. The lowest BCUT2D eigenvalue weighted by atomic mass is 9.80. The standard InChI is InChI=1S/C10H19F2NO/c1-6-13(5)9(14)7(8(11)12)10(2,3)4/h7-8H,6H2,1-5H3. The lowest BCUT2D eigenvalue weighted by Crippen LogP contribution is -2.42. The molecule has 0 fully saturated rings. The van der Waals surface area contributed by atoms with E-state index in [4.69, 9.17) is 0 Å². The third kappa shape index (κ3) is 3.24. The van der Waals surface area contributed by atoms with Crippen LogP contribution < -0.4 is 0 Å². The van der Waals surface area contributed by atoms with Crippen LogP contribution in [0.15, 0.2) is 0 Å². The fraction of sp³-hybridized carbons (Fsp3) is 0.900. The maximum Gasteiger partial charge on any atom is 0.250 e. The zero-order chi connectivity index (χ0) is 11.5. The minimum Gasteiger partial charge on any atom is -0.346 e. The van der Waals surface area contributed by atoms with Crippen LogP contribution in [0.2, 0.25) is 0 Å². The summed E-state index contributed by atoms with van der Waals surface area (Å²) < 4.78 is 25.4. The molecule has 2 nitrogen and oxygen atoms in total. The minimum atomic E-state index is -2.60. The van der Waals surface area contributed by atoms with Gasteiger partial charge >= 0.3 is 0 Å². The second-order valence-electron chi connectivity index (χ2n) is 4.53. The molecule has 0 aliphatic heterocycles. The first-order valence-corrected chi connectivity index (χ1v) is 4.75. The Bertz CT molecular complexity index is 199. The summed E-state index contributed by atoms with van der Waals surface area (Å²) in [6.45, 7) is 7.20. The van der Waals surface area contributed by atoms with E-state index in [1.54, 1.807) is 34.7 Å². The first kappa shape index (κ1) is 13.3.